The topological polar surface area (TPSA) is 17.1 Å². The van der Waals surface area contributed by atoms with Gasteiger partial charge in [0, 0.05) is 24.4 Å². The van der Waals surface area contributed by atoms with Crippen LogP contribution >= 0.6 is 47.8 Å². The lowest BCUT2D eigenvalue weighted by molar-refractivity contribution is 0.102. The molecule has 8 aromatic carbocycles. The van der Waals surface area contributed by atoms with Gasteiger partial charge in [-0.3, -0.25) is 4.79 Å². The van der Waals surface area contributed by atoms with Crippen molar-refractivity contribution in [2.75, 3.05) is 5.75 Å². The average molecular weight is 968 g/mol. The van der Waals surface area contributed by atoms with Gasteiger partial charge in [0.05, 0.1) is 10.9 Å². The van der Waals surface area contributed by atoms with Gasteiger partial charge in [-0.15, -0.1) is 6.08 Å². The van der Waals surface area contributed by atoms with Gasteiger partial charge >= 0.3 is 0 Å². The molecule has 0 amide bonds. The standard InChI is InChI=1S/C28H21OS.C24H23BBr3/c29-27(26-18-8-12-21-10-4-6-16-24(21)26)20-30(23-14-2-1-3-15-23)28-19-9-13-22-11-5-7-17-25(22)28;1-24(2,3)16-17-25(18-4-10-21(26)11-5-18,19-6-12-22(27)13-7-19)20-8-14-23(28)15-9-20/h1-19H,20H2;4-17H,1-3H3/q+1;-1. The molecule has 0 aromatic heterocycles. The molecular formula is C52H44BBr3OS. The average Bonchev–Trinajstić information content (AvgIpc) is 3.24. The van der Waals surface area contributed by atoms with E-state index in [1.54, 1.807) is 0 Å². The first-order valence-electron chi connectivity index (χ1n) is 19.4. The van der Waals surface area contributed by atoms with Gasteiger partial charge in [0.2, 0.25) is 5.78 Å². The lowest BCUT2D eigenvalue weighted by atomic mass is 9.15. The number of rotatable bonds is 9. The summed E-state index contributed by atoms with van der Waals surface area (Å²) in [5.74, 6) is 3.08. The van der Waals surface area contributed by atoms with E-state index in [4.69, 9.17) is 0 Å². The summed E-state index contributed by atoms with van der Waals surface area (Å²) in [4.78, 5) is 16.0. The van der Waals surface area contributed by atoms with Gasteiger partial charge in [-0.05, 0) is 45.8 Å². The Bertz CT molecular complexity index is 2550. The Labute approximate surface area is 371 Å². The number of fused-ring (bicyclic) bond motifs is 2. The predicted molar refractivity (Wildman–Crippen MR) is 263 cm³/mol. The van der Waals surface area contributed by atoms with Gasteiger partial charge < -0.3 is 0 Å². The van der Waals surface area contributed by atoms with Crippen LogP contribution in [0.3, 0.4) is 0 Å². The minimum atomic E-state index is -1.26. The zero-order chi connectivity index (χ0) is 40.7. The molecule has 1 atom stereocenters. The number of allylic oxidation sites excluding steroid dienone is 1. The van der Waals surface area contributed by atoms with E-state index >= 15 is 0 Å². The van der Waals surface area contributed by atoms with Crippen LogP contribution in [0.4, 0.5) is 0 Å². The molecule has 8 rings (SSSR count). The highest BCUT2D eigenvalue weighted by Gasteiger charge is 2.32. The molecule has 8 aromatic rings. The summed E-state index contributed by atoms with van der Waals surface area (Å²) in [6, 6.07) is 65.6. The highest BCUT2D eigenvalue weighted by molar-refractivity contribution is 9.11. The Morgan fingerprint density at radius 2 is 0.948 bits per heavy atom. The Hall–Kier alpha value is -4.46. The first-order chi connectivity index (χ1) is 28.0. The lowest BCUT2D eigenvalue weighted by Crippen LogP contribution is -2.66. The summed E-state index contributed by atoms with van der Waals surface area (Å²) in [7, 11) is -0.349. The van der Waals surface area contributed by atoms with Gasteiger partial charge in [-0.2, -0.15) is 16.4 Å². The van der Waals surface area contributed by atoms with E-state index in [9.17, 15) is 4.79 Å². The van der Waals surface area contributed by atoms with Gasteiger partial charge in [-0.1, -0.05) is 232 Å². The van der Waals surface area contributed by atoms with Crippen molar-refractivity contribution in [3.05, 3.63) is 219 Å². The number of ketones is 1. The van der Waals surface area contributed by atoms with Gasteiger partial charge in [0.25, 0.3) is 0 Å². The number of carbonyl (C=O) groups is 1. The molecule has 0 aliphatic heterocycles. The van der Waals surface area contributed by atoms with Crippen molar-refractivity contribution >= 4 is 109 Å². The number of hydrogen-bond acceptors (Lipinski definition) is 1. The molecule has 0 spiro atoms. The molecule has 0 fully saturated rings. The number of carbonyl (C=O) groups excluding carboxylic acids is 1. The number of halogens is 3. The van der Waals surface area contributed by atoms with Crippen LogP contribution in [0.25, 0.3) is 21.5 Å². The minimum Gasteiger partial charge on any atom is -0.289 e. The summed E-state index contributed by atoms with van der Waals surface area (Å²) < 4.78 is 3.27. The first kappa shape index (κ1) is 41.7. The Balaban J connectivity index is 0.000000177. The molecule has 0 aliphatic rings. The fourth-order valence-electron chi connectivity index (χ4n) is 7.60. The molecule has 58 heavy (non-hydrogen) atoms. The maximum atomic E-state index is 13.6. The Morgan fingerprint density at radius 1 is 0.517 bits per heavy atom. The number of Topliss-reactive ketones (excluding diaryl/α,β-unsaturated/α-hetero) is 1. The van der Waals surface area contributed by atoms with Crippen molar-refractivity contribution in [3.63, 3.8) is 0 Å². The molecule has 6 heteroatoms. The molecule has 288 valence electrons. The molecule has 0 saturated carbocycles. The molecule has 0 N–H and O–H groups in total. The Kier molecular flexibility index (Phi) is 13.4. The Morgan fingerprint density at radius 3 is 1.47 bits per heavy atom. The van der Waals surface area contributed by atoms with E-state index < -0.39 is 6.15 Å². The SMILES string of the molecule is CC(C)(C)C=C[B-](c1ccc(Br)cc1)(c1ccc(Br)cc1)c1ccc(Br)cc1.O=C(C[S+](c1ccccc1)c1cccc2ccccc12)c1cccc2ccccc12. The summed E-state index contributed by atoms with van der Waals surface area (Å²) in [6.07, 6.45) is 1.08. The monoisotopic (exact) mass is 964 g/mol. The van der Waals surface area contributed by atoms with Crippen LogP contribution in [0.2, 0.25) is 0 Å². The highest BCUT2D eigenvalue weighted by atomic mass is 79.9. The van der Waals surface area contributed by atoms with Crippen LogP contribution in [0.1, 0.15) is 31.1 Å². The molecule has 0 heterocycles. The van der Waals surface area contributed by atoms with E-state index in [1.807, 2.05) is 36.4 Å². The zero-order valence-corrected chi connectivity index (χ0v) is 38.4. The fraction of sp³-hybridized carbons (Fsp3) is 0.0962. The summed E-state index contributed by atoms with van der Waals surface area (Å²) in [6.45, 7) is 6.74. The summed E-state index contributed by atoms with van der Waals surface area (Å²) in [5, 5.41) is 4.56. The van der Waals surface area contributed by atoms with Crippen molar-refractivity contribution in [1.82, 2.24) is 0 Å². The predicted octanol–water partition coefficient (Wildman–Crippen LogP) is 13.5. The second-order valence-electron chi connectivity index (χ2n) is 15.6. The largest absolute Gasteiger partial charge is 0.289 e. The van der Waals surface area contributed by atoms with Gasteiger partial charge in [0.1, 0.15) is 6.15 Å². The third kappa shape index (κ3) is 9.70. The van der Waals surface area contributed by atoms with Gasteiger partial charge in [-0.25, -0.2) is 5.98 Å². The smallest absolute Gasteiger partial charge is 0.213 e. The maximum Gasteiger partial charge on any atom is 0.213 e. The fourth-order valence-corrected chi connectivity index (χ4v) is 10.6. The van der Waals surface area contributed by atoms with Crippen molar-refractivity contribution < 1.29 is 4.79 Å². The number of hydrogen-bond donors (Lipinski definition) is 0. The second-order valence-corrected chi connectivity index (χ2v) is 20.3. The van der Waals surface area contributed by atoms with Crippen molar-refractivity contribution in [2.24, 2.45) is 5.41 Å². The van der Waals surface area contributed by atoms with Crippen molar-refractivity contribution in [1.29, 1.82) is 0 Å². The molecule has 1 nitrogen and oxygen atoms in total. The zero-order valence-electron chi connectivity index (χ0n) is 32.8. The minimum absolute atomic E-state index is 0.0904. The van der Waals surface area contributed by atoms with Crippen LogP contribution in [0, 0.1) is 5.41 Å². The van der Waals surface area contributed by atoms with E-state index in [1.165, 1.54) is 37.0 Å². The summed E-state index contributed by atoms with van der Waals surface area (Å²) in [5.41, 5.74) is 4.80. The second kappa shape index (κ2) is 18.6. The van der Waals surface area contributed by atoms with Crippen LogP contribution in [0.15, 0.2) is 223 Å². The summed E-state index contributed by atoms with van der Waals surface area (Å²) >= 11 is 10.8. The molecule has 1 unspecified atom stereocenters. The van der Waals surface area contributed by atoms with E-state index in [-0.39, 0.29) is 22.1 Å². The maximum absolute atomic E-state index is 13.6. The third-order valence-electron chi connectivity index (χ3n) is 10.5. The lowest BCUT2D eigenvalue weighted by Gasteiger charge is -2.41. The molecule has 0 aliphatic carbocycles. The molecule has 0 radical (unpaired) electrons. The number of benzene rings is 8. The van der Waals surface area contributed by atoms with E-state index in [0.717, 1.165) is 29.8 Å². The van der Waals surface area contributed by atoms with Crippen LogP contribution in [-0.2, 0) is 10.9 Å². The van der Waals surface area contributed by atoms with Gasteiger partial charge in [0.15, 0.2) is 15.5 Å². The third-order valence-corrected chi connectivity index (χ3v) is 14.3. The van der Waals surface area contributed by atoms with Crippen molar-refractivity contribution in [2.45, 2.75) is 30.6 Å². The van der Waals surface area contributed by atoms with Crippen LogP contribution < -0.4 is 16.4 Å². The van der Waals surface area contributed by atoms with Crippen LogP contribution in [0.5, 0.6) is 0 Å². The first-order valence-corrected chi connectivity index (χ1v) is 23.2. The molecule has 0 bridgehead atoms. The molecule has 0 saturated heterocycles. The quantitative estimate of drug-likeness (QED) is 0.0800. The van der Waals surface area contributed by atoms with E-state index in [0.29, 0.717) is 5.75 Å². The highest BCUT2D eigenvalue weighted by Crippen LogP contribution is 2.32. The molecular weight excluding hydrogens is 923 g/mol. The van der Waals surface area contributed by atoms with Crippen LogP contribution in [-0.4, -0.2) is 17.7 Å². The van der Waals surface area contributed by atoms with Crippen molar-refractivity contribution in [3.8, 4) is 0 Å². The normalized spacial score (nSPS) is 12.3. The van der Waals surface area contributed by atoms with E-state index in [2.05, 4.69) is 232 Å².